The zero-order valence-electron chi connectivity index (χ0n) is 14.9. The zero-order chi connectivity index (χ0) is 18.7. The highest BCUT2D eigenvalue weighted by molar-refractivity contribution is 7.92. The molecule has 1 aliphatic heterocycles. The van der Waals surface area contributed by atoms with Crippen molar-refractivity contribution < 1.29 is 13.2 Å². The Hall–Kier alpha value is -2.41. The topological polar surface area (TPSA) is 79.4 Å². The van der Waals surface area contributed by atoms with Crippen molar-refractivity contribution in [1.29, 1.82) is 0 Å². The smallest absolute Gasteiger partial charge is 0.229 e. The van der Waals surface area contributed by atoms with Gasteiger partial charge in [0.25, 0.3) is 0 Å². The van der Waals surface area contributed by atoms with Gasteiger partial charge in [-0.1, -0.05) is 6.07 Å². The number of anilines is 2. The van der Waals surface area contributed by atoms with E-state index in [1.165, 1.54) is 0 Å². The van der Waals surface area contributed by atoms with Crippen molar-refractivity contribution in [2.75, 3.05) is 22.4 Å². The number of sulfonamides is 1. The van der Waals surface area contributed by atoms with Crippen molar-refractivity contribution in [2.24, 2.45) is 5.92 Å². The lowest BCUT2D eigenvalue weighted by Crippen LogP contribution is -2.43. The van der Waals surface area contributed by atoms with Crippen molar-refractivity contribution in [1.82, 2.24) is 4.98 Å². The predicted octanol–water partition coefficient (Wildman–Crippen LogP) is 2.94. The van der Waals surface area contributed by atoms with Crippen molar-refractivity contribution in [3.05, 3.63) is 54.2 Å². The lowest BCUT2D eigenvalue weighted by molar-refractivity contribution is 0.0890. The number of benzene rings is 1. The van der Waals surface area contributed by atoms with Crippen LogP contribution in [0.5, 0.6) is 0 Å². The first-order valence-electron chi connectivity index (χ1n) is 8.63. The van der Waals surface area contributed by atoms with Crippen molar-refractivity contribution in [3.63, 3.8) is 0 Å². The van der Waals surface area contributed by atoms with Gasteiger partial charge in [-0.3, -0.25) is 9.52 Å². The van der Waals surface area contributed by atoms with E-state index < -0.39 is 10.0 Å². The molecule has 1 aromatic heterocycles. The lowest BCUT2D eigenvalue weighted by Gasteiger charge is -2.38. The Bertz CT molecular complexity index is 867. The fourth-order valence-corrected chi connectivity index (χ4v) is 3.99. The standard InChI is InChI=1S/C19H23N3O3S/c1-14-13-16(10-12-22(14)18-5-3-4-11-20-18)19(23)15-6-8-17(9-7-15)21-26(2,24)25/h3-9,11,14,16,21H,10,12-13H2,1-2H3. The molecule has 2 aromatic rings. The minimum atomic E-state index is -3.32. The largest absolute Gasteiger partial charge is 0.354 e. The summed E-state index contributed by atoms with van der Waals surface area (Å²) in [6.07, 6.45) is 4.44. The summed E-state index contributed by atoms with van der Waals surface area (Å²) >= 11 is 0. The zero-order valence-corrected chi connectivity index (χ0v) is 15.7. The molecule has 2 heterocycles. The second kappa shape index (κ2) is 7.45. The molecule has 26 heavy (non-hydrogen) atoms. The van der Waals surface area contributed by atoms with E-state index in [4.69, 9.17) is 0 Å². The summed E-state index contributed by atoms with van der Waals surface area (Å²) in [7, 11) is -3.32. The Morgan fingerprint density at radius 2 is 1.92 bits per heavy atom. The van der Waals surface area contributed by atoms with Gasteiger partial charge in [-0.25, -0.2) is 13.4 Å². The number of pyridine rings is 1. The molecule has 1 N–H and O–H groups in total. The quantitative estimate of drug-likeness (QED) is 0.815. The van der Waals surface area contributed by atoms with Gasteiger partial charge < -0.3 is 4.90 Å². The number of hydrogen-bond donors (Lipinski definition) is 1. The van der Waals surface area contributed by atoms with Gasteiger partial charge in [0.05, 0.1) is 6.26 Å². The fraction of sp³-hybridized carbons (Fsp3) is 0.368. The average Bonchev–Trinajstić information content (AvgIpc) is 2.61. The van der Waals surface area contributed by atoms with E-state index in [0.717, 1.165) is 31.5 Å². The molecule has 0 radical (unpaired) electrons. The van der Waals surface area contributed by atoms with Crippen LogP contribution < -0.4 is 9.62 Å². The number of aromatic nitrogens is 1. The highest BCUT2D eigenvalue weighted by Crippen LogP contribution is 2.29. The minimum Gasteiger partial charge on any atom is -0.354 e. The van der Waals surface area contributed by atoms with Crippen LogP contribution in [-0.4, -0.2) is 38.0 Å². The highest BCUT2D eigenvalue weighted by atomic mass is 32.2. The Labute approximate surface area is 154 Å². The van der Waals surface area contributed by atoms with Crippen LogP contribution in [0.3, 0.4) is 0 Å². The Morgan fingerprint density at radius 3 is 2.50 bits per heavy atom. The molecule has 0 amide bonds. The normalized spacial score (nSPS) is 20.6. The third-order valence-electron chi connectivity index (χ3n) is 4.66. The summed E-state index contributed by atoms with van der Waals surface area (Å²) in [5.41, 5.74) is 1.08. The summed E-state index contributed by atoms with van der Waals surface area (Å²) < 4.78 is 24.9. The number of carbonyl (C=O) groups is 1. The van der Waals surface area contributed by atoms with Crippen LogP contribution in [0.2, 0.25) is 0 Å². The van der Waals surface area contributed by atoms with Gasteiger partial charge in [0.15, 0.2) is 5.78 Å². The number of piperidine rings is 1. The molecule has 2 unspecified atom stereocenters. The molecule has 6 nitrogen and oxygen atoms in total. The third kappa shape index (κ3) is 4.40. The Morgan fingerprint density at radius 1 is 1.19 bits per heavy atom. The Kier molecular flexibility index (Phi) is 5.27. The average molecular weight is 373 g/mol. The molecule has 138 valence electrons. The van der Waals surface area contributed by atoms with Gasteiger partial charge in [-0.05, 0) is 56.2 Å². The summed E-state index contributed by atoms with van der Waals surface area (Å²) in [6.45, 7) is 2.91. The summed E-state index contributed by atoms with van der Waals surface area (Å²) in [6, 6.07) is 12.7. The molecule has 1 fully saturated rings. The van der Waals surface area contributed by atoms with Crippen molar-refractivity contribution in [2.45, 2.75) is 25.8 Å². The maximum Gasteiger partial charge on any atom is 0.229 e. The van der Waals surface area contributed by atoms with E-state index >= 15 is 0 Å². The first-order chi connectivity index (χ1) is 12.3. The molecule has 0 saturated carbocycles. The number of nitrogens with one attached hydrogen (secondary N) is 1. The molecule has 1 saturated heterocycles. The van der Waals surface area contributed by atoms with Gasteiger partial charge in [0.1, 0.15) is 5.82 Å². The van der Waals surface area contributed by atoms with Crippen LogP contribution in [0.25, 0.3) is 0 Å². The molecule has 0 bridgehead atoms. The van der Waals surface area contributed by atoms with Crippen LogP contribution in [0, 0.1) is 5.92 Å². The van der Waals surface area contributed by atoms with Gasteiger partial charge in [-0.2, -0.15) is 0 Å². The van der Waals surface area contributed by atoms with E-state index in [9.17, 15) is 13.2 Å². The third-order valence-corrected chi connectivity index (χ3v) is 5.27. The summed E-state index contributed by atoms with van der Waals surface area (Å²) in [5.74, 6) is 1.03. The maximum absolute atomic E-state index is 12.8. The Balaban J connectivity index is 1.66. The van der Waals surface area contributed by atoms with Gasteiger partial charge in [0.2, 0.25) is 10.0 Å². The van der Waals surface area contributed by atoms with Crippen LogP contribution in [0.4, 0.5) is 11.5 Å². The number of hydrogen-bond acceptors (Lipinski definition) is 5. The van der Waals surface area contributed by atoms with Crippen LogP contribution in [-0.2, 0) is 10.0 Å². The molecule has 2 atom stereocenters. The first-order valence-corrected chi connectivity index (χ1v) is 10.5. The van der Waals surface area contributed by atoms with E-state index in [1.54, 1.807) is 30.5 Å². The molecule has 0 spiro atoms. The van der Waals surface area contributed by atoms with Crippen molar-refractivity contribution in [3.8, 4) is 0 Å². The maximum atomic E-state index is 12.8. The van der Waals surface area contributed by atoms with E-state index in [-0.39, 0.29) is 17.7 Å². The fourth-order valence-electron chi connectivity index (χ4n) is 3.43. The van der Waals surface area contributed by atoms with Crippen LogP contribution >= 0.6 is 0 Å². The number of Topliss-reactive ketones (excluding diaryl/α,β-unsaturated/α-hetero) is 1. The number of rotatable bonds is 5. The van der Waals surface area contributed by atoms with E-state index in [1.807, 2.05) is 18.2 Å². The molecular weight excluding hydrogens is 350 g/mol. The van der Waals surface area contributed by atoms with E-state index in [0.29, 0.717) is 11.3 Å². The van der Waals surface area contributed by atoms with Crippen molar-refractivity contribution >= 4 is 27.3 Å². The monoisotopic (exact) mass is 373 g/mol. The first kappa shape index (κ1) is 18.4. The molecule has 1 aromatic carbocycles. The highest BCUT2D eigenvalue weighted by Gasteiger charge is 2.30. The second-order valence-corrected chi connectivity index (χ2v) is 8.52. The summed E-state index contributed by atoms with van der Waals surface area (Å²) in [4.78, 5) is 19.5. The molecular formula is C19H23N3O3S. The number of nitrogens with zero attached hydrogens (tertiary/aromatic N) is 2. The van der Waals surface area contributed by atoms with Gasteiger partial charge >= 0.3 is 0 Å². The molecule has 0 aliphatic carbocycles. The number of carbonyl (C=O) groups excluding carboxylic acids is 1. The lowest BCUT2D eigenvalue weighted by atomic mass is 9.85. The molecule has 3 rings (SSSR count). The minimum absolute atomic E-state index is 0.0290. The van der Waals surface area contributed by atoms with Gasteiger partial charge in [0, 0.05) is 36.0 Å². The SMILES string of the molecule is CC1CC(C(=O)c2ccc(NS(C)(=O)=O)cc2)CCN1c1ccccn1. The van der Waals surface area contributed by atoms with Crippen LogP contribution in [0.1, 0.15) is 30.1 Å². The number of ketones is 1. The predicted molar refractivity (Wildman–Crippen MR) is 103 cm³/mol. The second-order valence-electron chi connectivity index (χ2n) is 6.77. The van der Waals surface area contributed by atoms with E-state index in [2.05, 4.69) is 21.5 Å². The molecule has 1 aliphatic rings. The summed E-state index contributed by atoms with van der Waals surface area (Å²) in [5, 5.41) is 0. The molecule has 7 heteroatoms. The van der Waals surface area contributed by atoms with Crippen LogP contribution in [0.15, 0.2) is 48.7 Å². The van der Waals surface area contributed by atoms with Gasteiger partial charge in [-0.15, -0.1) is 0 Å².